The second-order valence-corrected chi connectivity index (χ2v) is 5.08. The summed E-state index contributed by atoms with van der Waals surface area (Å²) in [6, 6.07) is 7.01. The van der Waals surface area contributed by atoms with Gasteiger partial charge in [0, 0.05) is 16.8 Å². The number of aryl methyl sites for hydroxylation is 1. The zero-order valence-corrected chi connectivity index (χ0v) is 12.8. The summed E-state index contributed by atoms with van der Waals surface area (Å²) >= 11 is 5.83. The van der Waals surface area contributed by atoms with E-state index in [1.165, 1.54) is 0 Å². The van der Waals surface area contributed by atoms with Crippen LogP contribution in [0.5, 0.6) is 0 Å². The predicted octanol–water partition coefficient (Wildman–Crippen LogP) is 2.79. The summed E-state index contributed by atoms with van der Waals surface area (Å²) in [6.45, 7) is 3.27. The topological polar surface area (TPSA) is 96.3 Å². The van der Waals surface area contributed by atoms with Gasteiger partial charge in [-0.15, -0.1) is 0 Å². The molecule has 0 saturated heterocycles. The Bertz CT molecular complexity index is 686. The molecule has 8 heteroatoms. The number of urea groups is 1. The van der Waals surface area contributed by atoms with Crippen molar-refractivity contribution in [1.29, 1.82) is 0 Å². The van der Waals surface area contributed by atoms with Crippen molar-refractivity contribution in [3.05, 3.63) is 41.1 Å². The highest BCUT2D eigenvalue weighted by atomic mass is 35.5. The molecule has 1 aromatic carbocycles. The molecule has 3 amide bonds. The maximum Gasteiger partial charge on any atom is 0.319 e. The molecule has 1 atom stereocenters. The lowest BCUT2D eigenvalue weighted by atomic mass is 10.3. The number of halogens is 1. The Balaban J connectivity index is 1.86. The van der Waals surface area contributed by atoms with E-state index in [1.54, 1.807) is 44.2 Å². The lowest BCUT2D eigenvalue weighted by Crippen LogP contribution is -2.43. The smallest absolute Gasteiger partial charge is 0.319 e. The number of nitrogens with zero attached hydrogens (tertiary/aromatic N) is 1. The molecular formula is C14H15ClN4O3. The fourth-order valence-electron chi connectivity index (χ4n) is 1.66. The molecule has 7 nitrogen and oxygen atoms in total. The Kier molecular flexibility index (Phi) is 5.00. The molecule has 0 saturated carbocycles. The van der Waals surface area contributed by atoms with Crippen molar-refractivity contribution in [3.63, 3.8) is 0 Å². The Hall–Kier alpha value is -2.54. The van der Waals surface area contributed by atoms with Crippen LogP contribution in [-0.2, 0) is 4.79 Å². The van der Waals surface area contributed by atoms with Gasteiger partial charge in [0.2, 0.25) is 5.91 Å². The zero-order chi connectivity index (χ0) is 16.1. The van der Waals surface area contributed by atoms with Gasteiger partial charge in [-0.3, -0.25) is 4.79 Å². The van der Waals surface area contributed by atoms with Crippen LogP contribution in [0.3, 0.4) is 0 Å². The Morgan fingerprint density at radius 1 is 1.27 bits per heavy atom. The molecule has 0 radical (unpaired) electrons. The third kappa shape index (κ3) is 4.49. The van der Waals surface area contributed by atoms with Crippen LogP contribution in [0.2, 0.25) is 5.02 Å². The molecule has 0 aliphatic rings. The van der Waals surface area contributed by atoms with E-state index < -0.39 is 18.0 Å². The maximum absolute atomic E-state index is 11.9. The Morgan fingerprint density at radius 3 is 2.68 bits per heavy atom. The van der Waals surface area contributed by atoms with E-state index >= 15 is 0 Å². The molecule has 1 aromatic heterocycles. The summed E-state index contributed by atoms with van der Waals surface area (Å²) in [6.07, 6.45) is 0. The van der Waals surface area contributed by atoms with Gasteiger partial charge in [0.25, 0.3) is 0 Å². The van der Waals surface area contributed by atoms with Crippen LogP contribution >= 0.6 is 11.6 Å². The minimum atomic E-state index is -0.754. The number of benzene rings is 1. The molecule has 22 heavy (non-hydrogen) atoms. The maximum atomic E-state index is 11.9. The summed E-state index contributed by atoms with van der Waals surface area (Å²) in [5.41, 5.74) is 0.532. The quantitative estimate of drug-likeness (QED) is 0.806. The van der Waals surface area contributed by atoms with Crippen LogP contribution in [0.25, 0.3) is 0 Å². The van der Waals surface area contributed by atoms with Crippen molar-refractivity contribution in [1.82, 2.24) is 10.5 Å². The number of aromatic nitrogens is 1. The predicted molar refractivity (Wildman–Crippen MR) is 82.9 cm³/mol. The van der Waals surface area contributed by atoms with Crippen molar-refractivity contribution in [3.8, 4) is 0 Å². The molecule has 0 aliphatic carbocycles. The summed E-state index contributed by atoms with van der Waals surface area (Å²) < 4.78 is 4.84. The fourth-order valence-corrected chi connectivity index (χ4v) is 1.85. The number of rotatable bonds is 4. The van der Waals surface area contributed by atoms with Crippen LogP contribution in [0, 0.1) is 6.92 Å². The van der Waals surface area contributed by atoms with Crippen molar-refractivity contribution in [2.45, 2.75) is 19.9 Å². The van der Waals surface area contributed by atoms with Crippen LogP contribution in [0.15, 0.2) is 34.9 Å². The van der Waals surface area contributed by atoms with E-state index in [2.05, 4.69) is 21.1 Å². The number of hydrogen-bond acceptors (Lipinski definition) is 4. The van der Waals surface area contributed by atoms with E-state index in [1.807, 2.05) is 0 Å². The lowest BCUT2D eigenvalue weighted by molar-refractivity contribution is -0.117. The Labute approximate surface area is 132 Å². The standard InChI is InChI=1S/C14H15ClN4O3/c1-8-6-12(19-22-8)18-13(20)9(2)16-14(21)17-11-5-3-4-10(15)7-11/h3-7,9H,1-2H3,(H2,16,17,21)(H,18,19,20)/t9-/m0/s1. The van der Waals surface area contributed by atoms with Gasteiger partial charge < -0.3 is 20.5 Å². The monoisotopic (exact) mass is 322 g/mol. The van der Waals surface area contributed by atoms with E-state index in [0.717, 1.165) is 0 Å². The van der Waals surface area contributed by atoms with Crippen molar-refractivity contribution in [2.24, 2.45) is 0 Å². The average molecular weight is 323 g/mol. The summed E-state index contributed by atoms with van der Waals surface area (Å²) in [4.78, 5) is 23.7. The van der Waals surface area contributed by atoms with Crippen LogP contribution in [-0.4, -0.2) is 23.1 Å². The van der Waals surface area contributed by atoms with Crippen molar-refractivity contribution < 1.29 is 14.1 Å². The average Bonchev–Trinajstić information content (AvgIpc) is 2.83. The van der Waals surface area contributed by atoms with E-state index in [9.17, 15) is 9.59 Å². The first kappa shape index (κ1) is 15.8. The normalized spacial score (nSPS) is 11.6. The van der Waals surface area contributed by atoms with Gasteiger partial charge in [-0.2, -0.15) is 0 Å². The summed E-state index contributed by atoms with van der Waals surface area (Å²) in [5, 5.41) is 11.8. The van der Waals surface area contributed by atoms with Gasteiger partial charge in [0.15, 0.2) is 5.82 Å². The number of amides is 3. The molecule has 2 rings (SSSR count). The number of nitrogens with one attached hydrogen (secondary N) is 3. The molecule has 116 valence electrons. The second kappa shape index (κ2) is 6.95. The highest BCUT2D eigenvalue weighted by Crippen LogP contribution is 2.14. The first-order valence-corrected chi connectivity index (χ1v) is 6.89. The molecule has 0 aliphatic heterocycles. The molecule has 0 spiro atoms. The molecular weight excluding hydrogens is 308 g/mol. The highest BCUT2D eigenvalue weighted by Gasteiger charge is 2.17. The summed E-state index contributed by atoms with van der Waals surface area (Å²) in [7, 11) is 0. The van der Waals surface area contributed by atoms with Gasteiger partial charge >= 0.3 is 6.03 Å². The molecule has 3 N–H and O–H groups in total. The Morgan fingerprint density at radius 2 is 2.05 bits per heavy atom. The number of anilines is 2. The van der Waals surface area contributed by atoms with Gasteiger partial charge in [0.1, 0.15) is 11.8 Å². The van der Waals surface area contributed by atoms with E-state index in [-0.39, 0.29) is 0 Å². The largest absolute Gasteiger partial charge is 0.360 e. The van der Waals surface area contributed by atoms with Crippen LogP contribution < -0.4 is 16.0 Å². The molecule has 0 fully saturated rings. The SMILES string of the molecule is Cc1cc(NC(=O)[C@H](C)NC(=O)Nc2cccc(Cl)c2)no1. The molecule has 0 bridgehead atoms. The van der Waals surface area contributed by atoms with Crippen LogP contribution in [0.1, 0.15) is 12.7 Å². The van der Waals surface area contributed by atoms with Crippen molar-refractivity contribution in [2.75, 3.05) is 10.6 Å². The van der Waals surface area contributed by atoms with E-state index in [4.69, 9.17) is 16.1 Å². The highest BCUT2D eigenvalue weighted by molar-refractivity contribution is 6.30. The number of carbonyl (C=O) groups is 2. The third-order valence-electron chi connectivity index (χ3n) is 2.70. The summed E-state index contributed by atoms with van der Waals surface area (Å²) in [5.74, 6) is 0.468. The zero-order valence-electron chi connectivity index (χ0n) is 12.0. The fraction of sp³-hybridized carbons (Fsp3) is 0.214. The molecule has 2 aromatic rings. The second-order valence-electron chi connectivity index (χ2n) is 4.64. The first-order valence-electron chi connectivity index (χ1n) is 6.51. The molecule has 0 unspecified atom stereocenters. The van der Waals surface area contributed by atoms with Gasteiger partial charge in [-0.05, 0) is 32.0 Å². The molecule has 1 heterocycles. The minimum absolute atomic E-state index is 0.298. The van der Waals surface area contributed by atoms with Crippen LogP contribution in [0.4, 0.5) is 16.3 Å². The van der Waals surface area contributed by atoms with E-state index in [0.29, 0.717) is 22.3 Å². The minimum Gasteiger partial charge on any atom is -0.360 e. The lowest BCUT2D eigenvalue weighted by Gasteiger charge is -2.13. The van der Waals surface area contributed by atoms with Crippen molar-refractivity contribution >= 4 is 35.0 Å². The first-order chi connectivity index (χ1) is 10.4. The van der Waals surface area contributed by atoms with Gasteiger partial charge in [-0.25, -0.2) is 4.79 Å². The number of carbonyl (C=O) groups excluding carboxylic acids is 2. The van der Waals surface area contributed by atoms with Gasteiger partial charge in [0.05, 0.1) is 0 Å². The van der Waals surface area contributed by atoms with Gasteiger partial charge in [-0.1, -0.05) is 22.8 Å². The number of hydrogen-bond donors (Lipinski definition) is 3. The third-order valence-corrected chi connectivity index (χ3v) is 2.94.